The molecule has 3 N–H and O–H groups in total. The molecule has 2 aliphatic heterocycles. The number of carbonyl (C=O) groups excluding carboxylic acids is 5. The fraction of sp³-hybridized carbons (Fsp3) is 0.674. The molecule has 2 heterocycles. The molecule has 4 fully saturated rings. The molecule has 3 aliphatic carbocycles. The number of aliphatic hydroxyl groups is 2. The molecule has 13 atom stereocenters. The van der Waals surface area contributed by atoms with E-state index in [0.717, 1.165) is 0 Å². The molecule has 2 saturated carbocycles. The fourth-order valence-electron chi connectivity index (χ4n) is 10.7. The van der Waals surface area contributed by atoms with E-state index in [1.165, 1.54) is 19.9 Å². The molecule has 0 aromatic heterocycles. The molecule has 1 amide bonds. The number of fused-ring (bicyclic) bond motifs is 4. The predicted octanol–water partition coefficient (Wildman–Crippen LogP) is 4.87. The molecule has 2 bridgehead atoms. The second-order valence-corrected chi connectivity index (χ2v) is 19.5. The summed E-state index contributed by atoms with van der Waals surface area (Å²) in [5, 5.41) is 28.1. The summed E-state index contributed by atoms with van der Waals surface area (Å²) in [6.45, 7) is 21.9. The van der Waals surface area contributed by atoms with Gasteiger partial charge in [-0.1, -0.05) is 59.4 Å². The summed E-state index contributed by atoms with van der Waals surface area (Å²) in [6.07, 6.45) is -9.36. The van der Waals surface area contributed by atoms with E-state index >= 15 is 0 Å². The minimum absolute atomic E-state index is 0.0926. The fourth-order valence-corrected chi connectivity index (χ4v) is 10.7. The van der Waals surface area contributed by atoms with Crippen LogP contribution in [0.15, 0.2) is 54.1 Å². The number of rotatable bonds is 11. The highest BCUT2D eigenvalue weighted by Crippen LogP contribution is 2.67. The van der Waals surface area contributed by atoms with E-state index in [1.807, 2.05) is 20.8 Å². The van der Waals surface area contributed by atoms with Gasteiger partial charge in [0.05, 0.1) is 30.2 Å². The van der Waals surface area contributed by atoms with Crippen molar-refractivity contribution in [2.75, 3.05) is 6.61 Å². The zero-order chi connectivity index (χ0) is 45.9. The molecule has 16 heteroatoms. The van der Waals surface area contributed by atoms with E-state index in [2.05, 4.69) is 11.9 Å². The lowest BCUT2D eigenvalue weighted by molar-refractivity contribution is -0.405. The summed E-state index contributed by atoms with van der Waals surface area (Å²) in [6, 6.07) is 7.04. The molecule has 62 heavy (non-hydrogen) atoms. The Morgan fingerprint density at radius 2 is 1.65 bits per heavy atom. The van der Waals surface area contributed by atoms with E-state index in [0.29, 0.717) is 11.1 Å². The van der Waals surface area contributed by atoms with Crippen molar-refractivity contribution < 1.29 is 72.1 Å². The summed E-state index contributed by atoms with van der Waals surface area (Å²) in [4.78, 5) is 68.1. The first-order valence-corrected chi connectivity index (χ1v) is 21.3. The highest BCUT2D eigenvalue weighted by atomic mass is 16.7. The molecular formula is C46H63NO15. The normalized spacial score (nSPS) is 35.5. The van der Waals surface area contributed by atoms with Crippen molar-refractivity contribution in [1.82, 2.24) is 5.32 Å². The lowest BCUT2D eigenvalue weighted by atomic mass is 9.44. The second kappa shape index (κ2) is 17.0. The van der Waals surface area contributed by atoms with Gasteiger partial charge < -0.3 is 53.4 Å². The van der Waals surface area contributed by atoms with Crippen LogP contribution in [-0.4, -0.2) is 119 Å². The van der Waals surface area contributed by atoms with Gasteiger partial charge in [0.25, 0.3) is 0 Å². The summed E-state index contributed by atoms with van der Waals surface area (Å²) < 4.78 is 50.2. The molecule has 1 aromatic carbocycles. The van der Waals surface area contributed by atoms with E-state index in [4.69, 9.17) is 37.9 Å². The monoisotopic (exact) mass is 869 g/mol. The number of carbonyl (C=O) groups is 5. The molecule has 0 spiro atoms. The van der Waals surface area contributed by atoms with Gasteiger partial charge in [0.2, 0.25) is 0 Å². The van der Waals surface area contributed by atoms with Gasteiger partial charge in [-0.2, -0.15) is 0 Å². The van der Waals surface area contributed by atoms with Gasteiger partial charge in [-0.05, 0) is 69.4 Å². The van der Waals surface area contributed by atoms with Crippen molar-refractivity contribution >= 4 is 30.0 Å². The Balaban J connectivity index is 1.57. The predicted molar refractivity (Wildman–Crippen MR) is 220 cm³/mol. The highest BCUT2D eigenvalue weighted by molar-refractivity contribution is 5.89. The average molecular weight is 870 g/mol. The maximum absolute atomic E-state index is 14.4. The van der Waals surface area contributed by atoms with Gasteiger partial charge in [0.1, 0.15) is 35.6 Å². The first-order chi connectivity index (χ1) is 28.8. The number of esters is 4. The molecular weight excluding hydrogens is 806 g/mol. The van der Waals surface area contributed by atoms with E-state index in [1.54, 1.807) is 71.9 Å². The molecule has 5 aliphatic rings. The Labute approximate surface area is 362 Å². The number of hydrogen-bond acceptors (Lipinski definition) is 15. The molecule has 6 rings (SSSR count). The van der Waals surface area contributed by atoms with Gasteiger partial charge in [0, 0.05) is 37.5 Å². The van der Waals surface area contributed by atoms with E-state index < -0.39 is 125 Å². The molecule has 1 aromatic rings. The molecule has 0 radical (unpaired) electrons. The second-order valence-electron chi connectivity index (χ2n) is 19.5. The largest absolute Gasteiger partial charge is 0.456 e. The summed E-state index contributed by atoms with van der Waals surface area (Å²) in [7, 11) is 0. The Morgan fingerprint density at radius 3 is 2.19 bits per heavy atom. The van der Waals surface area contributed by atoms with Crippen LogP contribution >= 0.6 is 0 Å². The van der Waals surface area contributed by atoms with Gasteiger partial charge >= 0.3 is 30.0 Å². The third-order valence-electron chi connectivity index (χ3n) is 13.4. The zero-order valence-corrected chi connectivity index (χ0v) is 37.6. The smallest absolute Gasteiger partial charge is 0.407 e. The van der Waals surface area contributed by atoms with Gasteiger partial charge in [-0.3, -0.25) is 9.59 Å². The molecule has 342 valence electrons. The van der Waals surface area contributed by atoms with E-state index in [-0.39, 0.29) is 30.9 Å². The maximum atomic E-state index is 14.4. The zero-order valence-electron chi connectivity index (χ0n) is 37.6. The Hall–Kier alpha value is -4.35. The SMILES string of the molecule is C=C[C@H]1O[C@H]2C[C@H]3OC[C@@]3(OC(C)=O)[C@H]3[C@H](OC(=O)c4ccccc4)[C@]4(O)C[C@H](OC(=O)[C@H](O)C(CC(C)C)NC(=O)OC(C)(C)C)C(C)=C([C@H](OC(C)=O)[C@H](O1)[C@]23C)C4(C)C. The molecule has 1 unspecified atom stereocenters. The van der Waals surface area contributed by atoms with Crippen molar-refractivity contribution in [3.63, 3.8) is 0 Å². The quantitative estimate of drug-likeness (QED) is 0.154. The van der Waals surface area contributed by atoms with Crippen molar-refractivity contribution in [2.24, 2.45) is 22.7 Å². The van der Waals surface area contributed by atoms with Crippen LogP contribution in [0.4, 0.5) is 4.79 Å². The van der Waals surface area contributed by atoms with Gasteiger partial charge in [0.15, 0.2) is 24.1 Å². The van der Waals surface area contributed by atoms with Crippen LogP contribution in [0.25, 0.3) is 0 Å². The summed E-state index contributed by atoms with van der Waals surface area (Å²) in [5.41, 5.74) is -6.65. The Morgan fingerprint density at radius 1 is 0.984 bits per heavy atom. The third-order valence-corrected chi connectivity index (χ3v) is 13.4. The van der Waals surface area contributed by atoms with Crippen molar-refractivity contribution in [1.29, 1.82) is 0 Å². The average Bonchev–Trinajstić information content (AvgIpc) is 3.15. The number of ether oxygens (including phenoxy) is 8. The third kappa shape index (κ3) is 8.28. The van der Waals surface area contributed by atoms with Crippen LogP contribution in [0.3, 0.4) is 0 Å². The first kappa shape index (κ1) is 47.1. The molecule has 2 saturated heterocycles. The van der Waals surface area contributed by atoms with Crippen molar-refractivity contribution in [3.8, 4) is 0 Å². The Kier molecular flexibility index (Phi) is 12.9. The minimum Gasteiger partial charge on any atom is -0.456 e. The number of aliphatic hydroxyl groups excluding tert-OH is 1. The standard InChI is InChI=1S/C46H63NO15/c1-13-32-58-30-20-31-45(22-55-31,61-26(6)49)36-38(60-39(51)27-17-15-14-16-18-27)46(54)21-29(57-40(52)34(50)28(19-23(2)3)47-41(53)62-42(7,8)9)24(4)33(43(46,10)11)35(56-25(5)48)37(59-32)44(30,36)12/h13-18,23,28-32,34-38,50,54H,1,19-22H2,2-12H3,(H,47,53)/t28?,29-,30-,31+,32-,34+,35-,36-,37-,38-,44+,45-,46+/m0/s1. The van der Waals surface area contributed by atoms with Crippen LogP contribution in [0, 0.1) is 22.7 Å². The van der Waals surface area contributed by atoms with Crippen LogP contribution in [-0.2, 0) is 52.3 Å². The topological polar surface area (TPSA) is 212 Å². The van der Waals surface area contributed by atoms with Crippen LogP contribution in [0.5, 0.6) is 0 Å². The van der Waals surface area contributed by atoms with Crippen LogP contribution in [0.1, 0.15) is 106 Å². The summed E-state index contributed by atoms with van der Waals surface area (Å²) in [5.74, 6) is -4.57. The highest BCUT2D eigenvalue weighted by Gasteiger charge is 2.79. The van der Waals surface area contributed by atoms with Crippen molar-refractivity contribution in [3.05, 3.63) is 59.7 Å². The minimum atomic E-state index is -2.23. The number of benzene rings is 1. The van der Waals surface area contributed by atoms with Gasteiger partial charge in [-0.25, -0.2) is 14.4 Å². The number of nitrogens with one attached hydrogen (secondary N) is 1. The van der Waals surface area contributed by atoms with Gasteiger partial charge in [-0.15, -0.1) is 0 Å². The lowest BCUT2D eigenvalue weighted by Gasteiger charge is -2.71. The van der Waals surface area contributed by atoms with Crippen molar-refractivity contribution in [2.45, 2.75) is 167 Å². The molecule has 16 nitrogen and oxygen atoms in total. The summed E-state index contributed by atoms with van der Waals surface area (Å²) >= 11 is 0. The number of amides is 1. The Bertz CT molecular complexity index is 1960. The lowest BCUT2D eigenvalue weighted by Crippen LogP contribution is -2.83. The number of alkyl carbamates (subject to hydrolysis) is 1. The number of hydrogen-bond donors (Lipinski definition) is 3. The van der Waals surface area contributed by atoms with Crippen LogP contribution < -0.4 is 5.32 Å². The maximum Gasteiger partial charge on any atom is 0.407 e. The van der Waals surface area contributed by atoms with Crippen LogP contribution in [0.2, 0.25) is 0 Å². The van der Waals surface area contributed by atoms with E-state index in [9.17, 15) is 34.2 Å². The first-order valence-electron chi connectivity index (χ1n) is 21.3.